The highest BCUT2D eigenvalue weighted by Crippen LogP contribution is 2.38. The molecule has 0 unspecified atom stereocenters. The number of imide groups is 1. The Morgan fingerprint density at radius 3 is 2.72 bits per heavy atom. The number of benzene rings is 3. The van der Waals surface area contributed by atoms with Crippen molar-refractivity contribution in [1.29, 1.82) is 0 Å². The molecule has 4 rings (SSSR count). The molecule has 3 aromatic carbocycles. The van der Waals surface area contributed by atoms with E-state index in [1.807, 2.05) is 36.4 Å². The number of hydrogen-bond acceptors (Lipinski definition) is 4. The lowest BCUT2D eigenvalue weighted by molar-refractivity contribution is -0.123. The summed E-state index contributed by atoms with van der Waals surface area (Å²) >= 11 is 6.97. The van der Waals surface area contributed by atoms with Gasteiger partial charge in [0.05, 0.1) is 18.1 Å². The van der Waals surface area contributed by atoms with E-state index < -0.39 is 17.0 Å². The zero-order chi connectivity index (χ0) is 22.7. The van der Waals surface area contributed by atoms with E-state index >= 15 is 0 Å². The van der Waals surface area contributed by atoms with Gasteiger partial charge in [-0.1, -0.05) is 61.3 Å². The molecule has 0 spiro atoms. The second kappa shape index (κ2) is 9.76. The molecule has 0 bridgehead atoms. The first-order valence-electron chi connectivity index (χ1n) is 10.3. The van der Waals surface area contributed by atoms with Crippen LogP contribution in [0.1, 0.15) is 30.9 Å². The molecule has 3 aromatic rings. The Kier molecular flexibility index (Phi) is 6.82. The van der Waals surface area contributed by atoms with Gasteiger partial charge in [0.2, 0.25) is 0 Å². The minimum atomic E-state index is -0.473. The van der Waals surface area contributed by atoms with E-state index in [0.29, 0.717) is 22.8 Å². The molecular formula is C25H21ClFNO3S. The fraction of sp³-hybridized carbons (Fsp3) is 0.200. The summed E-state index contributed by atoms with van der Waals surface area (Å²) in [6.45, 7) is 2.64. The molecule has 1 fully saturated rings. The third-order valence-electron chi connectivity index (χ3n) is 5.18. The van der Waals surface area contributed by atoms with Crippen LogP contribution in [-0.4, -0.2) is 22.7 Å². The zero-order valence-corrected chi connectivity index (χ0v) is 19.0. The molecule has 1 aliphatic rings. The van der Waals surface area contributed by atoms with Crippen LogP contribution in [0.3, 0.4) is 0 Å². The smallest absolute Gasteiger partial charge is 0.293 e. The van der Waals surface area contributed by atoms with Crippen LogP contribution in [-0.2, 0) is 11.3 Å². The van der Waals surface area contributed by atoms with E-state index in [-0.39, 0.29) is 11.6 Å². The van der Waals surface area contributed by atoms with Crippen molar-refractivity contribution in [2.45, 2.75) is 26.3 Å². The summed E-state index contributed by atoms with van der Waals surface area (Å²) in [5.74, 6) is -0.210. The molecule has 32 heavy (non-hydrogen) atoms. The Bertz CT molecular complexity index is 1230. The molecule has 0 aliphatic carbocycles. The maximum atomic E-state index is 13.3. The number of halogens is 2. The van der Waals surface area contributed by atoms with Crippen molar-refractivity contribution in [2.75, 3.05) is 6.61 Å². The maximum absolute atomic E-state index is 13.3. The number of nitrogens with zero attached hydrogens (tertiary/aromatic N) is 1. The highest BCUT2D eigenvalue weighted by atomic mass is 35.5. The van der Waals surface area contributed by atoms with E-state index in [9.17, 15) is 14.0 Å². The van der Waals surface area contributed by atoms with Crippen molar-refractivity contribution >= 4 is 51.4 Å². The van der Waals surface area contributed by atoms with E-state index in [4.69, 9.17) is 16.3 Å². The van der Waals surface area contributed by atoms with E-state index in [2.05, 4.69) is 6.92 Å². The van der Waals surface area contributed by atoms with E-state index in [1.165, 1.54) is 18.2 Å². The van der Waals surface area contributed by atoms with Crippen LogP contribution >= 0.6 is 23.4 Å². The Morgan fingerprint density at radius 1 is 1.12 bits per heavy atom. The van der Waals surface area contributed by atoms with Crippen LogP contribution in [0, 0.1) is 5.82 Å². The summed E-state index contributed by atoms with van der Waals surface area (Å²) in [4.78, 5) is 27.1. The number of hydrogen-bond donors (Lipinski definition) is 0. The number of carbonyl (C=O) groups is 2. The molecule has 7 heteroatoms. The summed E-state index contributed by atoms with van der Waals surface area (Å²) in [5.41, 5.74) is 1.27. The van der Waals surface area contributed by atoms with Crippen molar-refractivity contribution < 1.29 is 18.7 Å². The number of thioether (sulfide) groups is 1. The van der Waals surface area contributed by atoms with Crippen molar-refractivity contribution in [3.8, 4) is 5.75 Å². The van der Waals surface area contributed by atoms with Gasteiger partial charge in [0.1, 0.15) is 11.6 Å². The minimum absolute atomic E-state index is 0.0173. The van der Waals surface area contributed by atoms with Gasteiger partial charge in [-0.3, -0.25) is 14.5 Å². The predicted molar refractivity (Wildman–Crippen MR) is 127 cm³/mol. The van der Waals surface area contributed by atoms with Crippen molar-refractivity contribution in [3.05, 3.63) is 81.5 Å². The summed E-state index contributed by atoms with van der Waals surface area (Å²) in [6.07, 6.45) is 3.65. The predicted octanol–water partition coefficient (Wildman–Crippen LogP) is 7.05. The lowest BCUT2D eigenvalue weighted by Gasteiger charge is -2.14. The van der Waals surface area contributed by atoms with E-state index in [1.54, 1.807) is 6.08 Å². The molecular weight excluding hydrogens is 449 g/mol. The van der Waals surface area contributed by atoms with Gasteiger partial charge >= 0.3 is 0 Å². The number of carbonyl (C=O) groups excluding carboxylic acids is 2. The first-order valence-corrected chi connectivity index (χ1v) is 11.5. The summed E-state index contributed by atoms with van der Waals surface area (Å²) in [7, 11) is 0. The van der Waals surface area contributed by atoms with E-state index in [0.717, 1.165) is 45.8 Å². The highest BCUT2D eigenvalue weighted by Gasteiger charge is 2.35. The Morgan fingerprint density at radius 2 is 1.94 bits per heavy atom. The van der Waals surface area contributed by atoms with Gasteiger partial charge < -0.3 is 4.74 Å². The topological polar surface area (TPSA) is 46.6 Å². The first-order chi connectivity index (χ1) is 15.5. The summed E-state index contributed by atoms with van der Waals surface area (Å²) in [5, 5.41) is 1.73. The summed E-state index contributed by atoms with van der Waals surface area (Å²) in [6, 6.07) is 15.6. The Labute approximate surface area is 195 Å². The third-order valence-corrected chi connectivity index (χ3v) is 6.44. The lowest BCUT2D eigenvalue weighted by Crippen LogP contribution is -2.27. The first kappa shape index (κ1) is 22.4. The van der Waals surface area contributed by atoms with Crippen LogP contribution in [0.25, 0.3) is 16.8 Å². The van der Waals surface area contributed by atoms with Crippen LogP contribution in [0.4, 0.5) is 9.18 Å². The average molecular weight is 470 g/mol. The van der Waals surface area contributed by atoms with Gasteiger partial charge in [0.15, 0.2) is 0 Å². The number of ether oxygens (including phenoxy) is 1. The molecule has 164 valence electrons. The van der Waals surface area contributed by atoms with Crippen molar-refractivity contribution in [1.82, 2.24) is 4.90 Å². The van der Waals surface area contributed by atoms with Gasteiger partial charge in [-0.15, -0.1) is 0 Å². The van der Waals surface area contributed by atoms with Gasteiger partial charge in [-0.2, -0.15) is 0 Å². The second-order valence-corrected chi connectivity index (χ2v) is 8.80. The molecule has 0 saturated carbocycles. The molecule has 0 aromatic heterocycles. The van der Waals surface area contributed by atoms with Crippen LogP contribution in [0.5, 0.6) is 5.75 Å². The fourth-order valence-electron chi connectivity index (χ4n) is 3.46. The van der Waals surface area contributed by atoms with Crippen LogP contribution < -0.4 is 4.74 Å². The molecule has 2 amide bonds. The maximum Gasteiger partial charge on any atom is 0.293 e. The van der Waals surface area contributed by atoms with Crippen LogP contribution in [0.15, 0.2) is 59.5 Å². The average Bonchev–Trinajstić information content (AvgIpc) is 3.04. The lowest BCUT2D eigenvalue weighted by atomic mass is 10.0. The number of unbranched alkanes of at least 4 members (excludes halogenated alkanes) is 1. The number of rotatable bonds is 7. The zero-order valence-electron chi connectivity index (χ0n) is 17.4. The summed E-state index contributed by atoms with van der Waals surface area (Å²) < 4.78 is 19.3. The fourth-order valence-corrected chi connectivity index (χ4v) is 4.51. The second-order valence-electron chi connectivity index (χ2n) is 7.40. The molecule has 4 nitrogen and oxygen atoms in total. The number of amides is 2. The quantitative estimate of drug-likeness (QED) is 0.275. The minimum Gasteiger partial charge on any atom is -0.493 e. The standard InChI is InChI=1S/C25H21ClFNO3S/c1-2-3-12-31-22-11-9-16-6-4-5-7-19(16)20(22)14-23-24(29)28(25(30)32-23)15-17-8-10-18(27)13-21(17)26/h4-11,13-14H,2-3,12,15H2,1H3/b23-14+. The highest BCUT2D eigenvalue weighted by molar-refractivity contribution is 8.18. The van der Waals surface area contributed by atoms with Gasteiger partial charge in [0.25, 0.3) is 11.1 Å². The molecule has 0 N–H and O–H groups in total. The molecule has 0 atom stereocenters. The number of fused-ring (bicyclic) bond motifs is 1. The Hall–Kier alpha value is -2.83. The molecule has 1 aliphatic heterocycles. The van der Waals surface area contributed by atoms with Crippen molar-refractivity contribution in [3.63, 3.8) is 0 Å². The normalized spacial score (nSPS) is 15.2. The van der Waals surface area contributed by atoms with Crippen LogP contribution in [0.2, 0.25) is 5.02 Å². The largest absolute Gasteiger partial charge is 0.493 e. The van der Waals surface area contributed by atoms with Gasteiger partial charge in [-0.25, -0.2) is 4.39 Å². The monoisotopic (exact) mass is 469 g/mol. The van der Waals surface area contributed by atoms with Crippen molar-refractivity contribution in [2.24, 2.45) is 0 Å². The third kappa shape index (κ3) is 4.66. The van der Waals surface area contributed by atoms with Gasteiger partial charge in [-0.05, 0) is 58.8 Å². The molecule has 1 saturated heterocycles. The van der Waals surface area contributed by atoms with Gasteiger partial charge in [0, 0.05) is 10.6 Å². The Balaban J connectivity index is 1.68. The molecule has 1 heterocycles. The SMILES string of the molecule is CCCCOc1ccc2ccccc2c1/C=C1/SC(=O)N(Cc2ccc(F)cc2Cl)C1=O. The molecule has 0 radical (unpaired) electrons.